The zero-order chi connectivity index (χ0) is 11.4. The van der Waals surface area contributed by atoms with Crippen molar-refractivity contribution in [3.63, 3.8) is 0 Å². The van der Waals surface area contributed by atoms with Crippen LogP contribution in [-0.2, 0) is 11.3 Å². The molecule has 0 aliphatic carbocycles. The monoisotopic (exact) mass is 229 g/mol. The van der Waals surface area contributed by atoms with Crippen LogP contribution in [0.1, 0.15) is 17.4 Å². The van der Waals surface area contributed by atoms with E-state index in [0.717, 1.165) is 0 Å². The predicted molar refractivity (Wildman–Crippen MR) is 57.2 cm³/mol. The molecule has 0 unspecified atom stereocenters. The highest BCUT2D eigenvalue weighted by atomic mass is 32.1. The molecule has 0 atom stereocenters. The highest BCUT2D eigenvalue weighted by Crippen LogP contribution is 2.08. The third-order valence-electron chi connectivity index (χ3n) is 1.55. The predicted octanol–water partition coefficient (Wildman–Crippen LogP) is -0.677. The number of nitrogens with zero attached hydrogens (tertiary/aromatic N) is 3. The Morgan fingerprint density at radius 3 is 2.87 bits per heavy atom. The zero-order valence-corrected chi connectivity index (χ0v) is 8.95. The van der Waals surface area contributed by atoms with Crippen molar-refractivity contribution in [1.82, 2.24) is 15.0 Å². The van der Waals surface area contributed by atoms with E-state index in [-0.39, 0.29) is 29.7 Å². The lowest BCUT2D eigenvalue weighted by atomic mass is 10.4. The molecule has 0 aliphatic rings. The van der Waals surface area contributed by atoms with Crippen LogP contribution in [0.3, 0.4) is 0 Å². The van der Waals surface area contributed by atoms with Crippen LogP contribution in [0.2, 0.25) is 0 Å². The number of esters is 1. The molecule has 0 aliphatic heterocycles. The van der Waals surface area contributed by atoms with Gasteiger partial charge in [-0.1, -0.05) is 17.4 Å². The maximum absolute atomic E-state index is 11.3. The highest BCUT2D eigenvalue weighted by Gasteiger charge is 2.18. The summed E-state index contributed by atoms with van der Waals surface area (Å²) in [4.78, 5) is 11.5. The lowest BCUT2D eigenvalue weighted by molar-refractivity contribution is 0.0520. The van der Waals surface area contributed by atoms with Crippen molar-refractivity contribution < 1.29 is 9.53 Å². The molecule has 1 aromatic heterocycles. The number of aromatic nitrogens is 3. The standard InChI is InChI=1S/C7H11N5O2S/c1-2-14-7(13)5-6(9)12(11-10-5)3-4(8)15/h2-3,9H2,1H3,(H2,8,15). The number of nitrogens with two attached hydrogens (primary N) is 2. The second kappa shape index (κ2) is 4.69. The molecule has 0 saturated heterocycles. The fourth-order valence-corrected chi connectivity index (χ4v) is 1.05. The number of anilines is 1. The molecule has 8 heteroatoms. The first-order chi connectivity index (χ1) is 7.06. The smallest absolute Gasteiger partial charge is 0.362 e. The minimum absolute atomic E-state index is 0.0203. The van der Waals surface area contributed by atoms with Gasteiger partial charge in [0, 0.05) is 0 Å². The number of nitrogen functional groups attached to an aromatic ring is 1. The fourth-order valence-electron chi connectivity index (χ4n) is 0.930. The molecule has 0 bridgehead atoms. The largest absolute Gasteiger partial charge is 0.461 e. The SMILES string of the molecule is CCOC(=O)c1nnn(CC(N)=S)c1N. The highest BCUT2D eigenvalue weighted by molar-refractivity contribution is 7.80. The second-order valence-corrected chi connectivity index (χ2v) is 3.19. The van der Waals surface area contributed by atoms with E-state index in [2.05, 4.69) is 22.5 Å². The lowest BCUT2D eigenvalue weighted by Crippen LogP contribution is -2.19. The summed E-state index contributed by atoms with van der Waals surface area (Å²) in [7, 11) is 0. The van der Waals surface area contributed by atoms with Gasteiger partial charge in [-0.3, -0.25) is 0 Å². The molecule has 0 saturated carbocycles. The number of carbonyl (C=O) groups excluding carboxylic acids is 1. The van der Waals surface area contributed by atoms with E-state index in [1.54, 1.807) is 6.92 Å². The van der Waals surface area contributed by atoms with E-state index < -0.39 is 5.97 Å². The molecular formula is C7H11N5O2S. The summed E-state index contributed by atoms with van der Waals surface area (Å²) >= 11 is 4.68. The molecule has 1 aromatic rings. The average Bonchev–Trinajstić information content (AvgIpc) is 2.48. The Hall–Kier alpha value is -1.70. The molecule has 15 heavy (non-hydrogen) atoms. The normalized spacial score (nSPS) is 9.93. The molecule has 0 fully saturated rings. The van der Waals surface area contributed by atoms with Gasteiger partial charge in [0.05, 0.1) is 18.1 Å². The Morgan fingerprint density at radius 2 is 2.33 bits per heavy atom. The van der Waals surface area contributed by atoms with Gasteiger partial charge in [0.15, 0.2) is 5.82 Å². The van der Waals surface area contributed by atoms with Gasteiger partial charge in [-0.25, -0.2) is 9.48 Å². The van der Waals surface area contributed by atoms with Gasteiger partial charge in [-0.2, -0.15) is 0 Å². The Kier molecular flexibility index (Phi) is 3.56. The van der Waals surface area contributed by atoms with Crippen LogP contribution in [0.5, 0.6) is 0 Å². The van der Waals surface area contributed by atoms with Crippen molar-refractivity contribution in [2.24, 2.45) is 5.73 Å². The third-order valence-corrected chi connectivity index (χ3v) is 1.68. The molecular weight excluding hydrogens is 218 g/mol. The van der Waals surface area contributed by atoms with Crippen molar-refractivity contribution in [2.45, 2.75) is 13.5 Å². The number of carbonyl (C=O) groups is 1. The van der Waals surface area contributed by atoms with Gasteiger partial charge in [-0.15, -0.1) is 5.10 Å². The minimum atomic E-state index is -0.607. The summed E-state index contributed by atoms with van der Waals surface area (Å²) in [5, 5.41) is 7.22. The summed E-state index contributed by atoms with van der Waals surface area (Å²) < 4.78 is 5.97. The Bertz CT molecular complexity index is 389. The van der Waals surface area contributed by atoms with Gasteiger partial charge < -0.3 is 16.2 Å². The number of ether oxygens (including phenoxy) is 1. The fraction of sp³-hybridized carbons (Fsp3) is 0.429. The van der Waals surface area contributed by atoms with Crippen LogP contribution in [0.25, 0.3) is 0 Å². The van der Waals surface area contributed by atoms with Gasteiger partial charge in [0.25, 0.3) is 0 Å². The molecule has 1 heterocycles. The van der Waals surface area contributed by atoms with E-state index >= 15 is 0 Å². The average molecular weight is 229 g/mol. The quantitative estimate of drug-likeness (QED) is 0.520. The van der Waals surface area contributed by atoms with Crippen LogP contribution >= 0.6 is 12.2 Å². The van der Waals surface area contributed by atoms with Gasteiger partial charge >= 0.3 is 5.97 Å². The molecule has 0 spiro atoms. The molecule has 7 nitrogen and oxygen atoms in total. The third kappa shape index (κ3) is 2.62. The molecule has 4 N–H and O–H groups in total. The van der Waals surface area contributed by atoms with Gasteiger partial charge in [-0.05, 0) is 6.92 Å². The Balaban J connectivity index is 2.88. The first-order valence-corrected chi connectivity index (χ1v) is 4.61. The van der Waals surface area contributed by atoms with Crippen LogP contribution < -0.4 is 11.5 Å². The number of hydrogen-bond acceptors (Lipinski definition) is 6. The molecule has 82 valence electrons. The van der Waals surface area contributed by atoms with E-state index in [4.69, 9.17) is 16.2 Å². The summed E-state index contributed by atoms with van der Waals surface area (Å²) in [5.41, 5.74) is 10.9. The van der Waals surface area contributed by atoms with Crippen molar-refractivity contribution in [1.29, 1.82) is 0 Å². The Labute approximate surface area is 91.4 Å². The minimum Gasteiger partial charge on any atom is -0.461 e. The van der Waals surface area contributed by atoms with Crippen LogP contribution in [0, 0.1) is 0 Å². The van der Waals surface area contributed by atoms with Gasteiger partial charge in [0.1, 0.15) is 0 Å². The van der Waals surface area contributed by atoms with Crippen molar-refractivity contribution in [2.75, 3.05) is 12.3 Å². The maximum atomic E-state index is 11.3. The van der Waals surface area contributed by atoms with Crippen molar-refractivity contribution >= 4 is 29.0 Å². The van der Waals surface area contributed by atoms with E-state index in [1.807, 2.05) is 0 Å². The number of rotatable bonds is 4. The van der Waals surface area contributed by atoms with E-state index in [1.165, 1.54) is 4.68 Å². The van der Waals surface area contributed by atoms with E-state index in [0.29, 0.717) is 0 Å². The summed E-state index contributed by atoms with van der Waals surface area (Å²) in [6.07, 6.45) is 0. The number of hydrogen-bond donors (Lipinski definition) is 2. The molecule has 0 amide bonds. The lowest BCUT2D eigenvalue weighted by Gasteiger charge is -2.01. The van der Waals surface area contributed by atoms with Crippen LogP contribution in [-0.4, -0.2) is 32.6 Å². The summed E-state index contributed by atoms with van der Waals surface area (Å²) in [6, 6.07) is 0. The van der Waals surface area contributed by atoms with Gasteiger partial charge in [0.2, 0.25) is 5.69 Å². The maximum Gasteiger partial charge on any atom is 0.362 e. The first kappa shape index (κ1) is 11.4. The zero-order valence-electron chi connectivity index (χ0n) is 8.14. The summed E-state index contributed by atoms with van der Waals surface area (Å²) in [6.45, 7) is 2.08. The van der Waals surface area contributed by atoms with Crippen molar-refractivity contribution in [3.8, 4) is 0 Å². The Morgan fingerprint density at radius 1 is 1.67 bits per heavy atom. The van der Waals surface area contributed by atoms with Crippen LogP contribution in [0.15, 0.2) is 0 Å². The van der Waals surface area contributed by atoms with Crippen molar-refractivity contribution in [3.05, 3.63) is 5.69 Å². The second-order valence-electron chi connectivity index (χ2n) is 2.67. The van der Waals surface area contributed by atoms with Crippen LogP contribution in [0.4, 0.5) is 5.82 Å². The molecule has 0 radical (unpaired) electrons. The molecule has 0 aromatic carbocycles. The number of thiocarbonyl (C=S) groups is 1. The van der Waals surface area contributed by atoms with E-state index in [9.17, 15) is 4.79 Å². The molecule has 1 rings (SSSR count). The topological polar surface area (TPSA) is 109 Å². The first-order valence-electron chi connectivity index (χ1n) is 4.20. The summed E-state index contributed by atoms with van der Waals surface area (Å²) in [5.74, 6) is -0.509.